The van der Waals surface area contributed by atoms with E-state index in [-0.39, 0.29) is 0 Å². The molecule has 0 aromatic carbocycles. The molecular weight excluding hydrogens is 348 g/mol. The van der Waals surface area contributed by atoms with Crippen molar-refractivity contribution in [2.75, 3.05) is 0 Å². The molecule has 2 aliphatic carbocycles. The molecule has 0 spiro atoms. The molecule has 0 aromatic heterocycles. The van der Waals surface area contributed by atoms with E-state index in [9.17, 15) is 5.11 Å². The van der Waals surface area contributed by atoms with Crippen molar-refractivity contribution < 1.29 is 9.53 Å². The molecule has 3 heteroatoms. The van der Waals surface area contributed by atoms with Crippen molar-refractivity contribution in [2.24, 2.45) is 5.92 Å². The van der Waals surface area contributed by atoms with Crippen molar-refractivity contribution in [3.05, 3.63) is 23.8 Å². The quantitative estimate of drug-likeness (QED) is 0.299. The van der Waals surface area contributed by atoms with Crippen LogP contribution in [0.15, 0.2) is 23.8 Å². The number of allylic oxidation sites excluding steroid dienone is 4. The molecule has 0 heterocycles. The van der Waals surface area contributed by atoms with Gasteiger partial charge in [0.1, 0.15) is 0 Å². The fourth-order valence-corrected chi connectivity index (χ4v) is 11.0. The zero-order valence-electron chi connectivity index (χ0n) is 18.9. The van der Waals surface area contributed by atoms with E-state index in [0.29, 0.717) is 28.6 Å². The molecule has 1 unspecified atom stereocenters. The van der Waals surface area contributed by atoms with Gasteiger partial charge in [-0.25, -0.2) is 0 Å². The molecule has 0 aliphatic heterocycles. The Kier molecular flexibility index (Phi) is 7.98. The van der Waals surface area contributed by atoms with E-state index in [1.165, 1.54) is 12.8 Å². The molecule has 0 aromatic rings. The molecule has 0 amide bonds. The van der Waals surface area contributed by atoms with E-state index in [1.54, 1.807) is 5.57 Å². The van der Waals surface area contributed by atoms with Crippen molar-refractivity contribution in [2.45, 2.75) is 122 Å². The summed E-state index contributed by atoms with van der Waals surface area (Å²) in [6.07, 6.45) is 15.0. The lowest BCUT2D eigenvalue weighted by atomic mass is 9.98. The van der Waals surface area contributed by atoms with Gasteiger partial charge >= 0.3 is 0 Å². The molecule has 2 aliphatic rings. The summed E-state index contributed by atoms with van der Waals surface area (Å²) in [5, 5.41) is 10.3. The molecule has 1 saturated carbocycles. The van der Waals surface area contributed by atoms with E-state index in [4.69, 9.17) is 4.43 Å². The minimum absolute atomic E-state index is 0.308. The van der Waals surface area contributed by atoms with Crippen molar-refractivity contribution in [1.29, 1.82) is 0 Å². The molecule has 3 atom stereocenters. The molecular formula is C24H44O2Si. The van der Waals surface area contributed by atoms with Crippen molar-refractivity contribution in [3.8, 4) is 0 Å². The molecule has 0 bridgehead atoms. The van der Waals surface area contributed by atoms with Crippen LogP contribution in [0.4, 0.5) is 0 Å². The highest BCUT2D eigenvalue weighted by atomic mass is 28.4. The predicted octanol–water partition coefficient (Wildman–Crippen LogP) is 7.15. The van der Waals surface area contributed by atoms with Crippen LogP contribution in [0, 0.1) is 5.92 Å². The maximum Gasteiger partial charge on any atom is 0.200 e. The largest absolute Gasteiger partial charge is 0.413 e. The van der Waals surface area contributed by atoms with Gasteiger partial charge in [0.25, 0.3) is 0 Å². The van der Waals surface area contributed by atoms with Gasteiger partial charge in [-0.3, -0.25) is 0 Å². The molecule has 156 valence electrons. The van der Waals surface area contributed by atoms with Gasteiger partial charge in [0, 0.05) is 6.10 Å². The van der Waals surface area contributed by atoms with Crippen LogP contribution >= 0.6 is 0 Å². The van der Waals surface area contributed by atoms with Gasteiger partial charge in [0.15, 0.2) is 0 Å². The van der Waals surface area contributed by atoms with Crippen molar-refractivity contribution >= 4 is 8.32 Å². The van der Waals surface area contributed by atoms with Gasteiger partial charge in [0.2, 0.25) is 8.32 Å². The van der Waals surface area contributed by atoms with Crippen LogP contribution in [0.1, 0.15) is 93.4 Å². The highest BCUT2D eigenvalue weighted by Gasteiger charge is 2.51. The molecule has 1 N–H and O–H groups in total. The Morgan fingerprint density at radius 3 is 2.15 bits per heavy atom. The minimum atomic E-state index is -1.87. The Morgan fingerprint density at radius 2 is 1.70 bits per heavy atom. The summed E-state index contributed by atoms with van der Waals surface area (Å²) in [6.45, 7) is 16.2. The Balaban J connectivity index is 2.04. The number of hydrogen-bond acceptors (Lipinski definition) is 2. The summed E-state index contributed by atoms with van der Waals surface area (Å²) in [7, 11) is -1.87. The first-order valence-corrected chi connectivity index (χ1v) is 13.5. The van der Waals surface area contributed by atoms with Crippen LogP contribution in [0.25, 0.3) is 0 Å². The van der Waals surface area contributed by atoms with E-state index in [0.717, 1.165) is 32.1 Å². The summed E-state index contributed by atoms with van der Waals surface area (Å²) in [6, 6.07) is 0. The summed E-state index contributed by atoms with van der Waals surface area (Å²) in [5.41, 5.74) is 2.99. The van der Waals surface area contributed by atoms with Crippen LogP contribution < -0.4 is 0 Å². The fourth-order valence-electron chi connectivity index (χ4n) is 5.43. The Bertz CT molecular complexity index is 509. The second-order valence-corrected chi connectivity index (χ2v) is 15.6. The summed E-state index contributed by atoms with van der Waals surface area (Å²) < 4.78 is 7.15. The fraction of sp³-hybridized carbons (Fsp3) is 0.833. The topological polar surface area (TPSA) is 29.5 Å². The molecule has 0 saturated heterocycles. The average molecular weight is 393 g/mol. The van der Waals surface area contributed by atoms with Crippen molar-refractivity contribution in [1.82, 2.24) is 0 Å². The second kappa shape index (κ2) is 9.41. The zero-order valence-corrected chi connectivity index (χ0v) is 19.9. The molecule has 2 nitrogen and oxygen atoms in total. The van der Waals surface area contributed by atoms with E-state index in [2.05, 4.69) is 59.8 Å². The van der Waals surface area contributed by atoms with Gasteiger partial charge in [0.05, 0.1) is 5.60 Å². The third kappa shape index (κ3) is 5.80. The Hall–Kier alpha value is -0.383. The van der Waals surface area contributed by atoms with Gasteiger partial charge in [-0.2, -0.15) is 0 Å². The maximum absolute atomic E-state index is 10.3. The standard InChI is InChI=1S/C24H44O2Si/c1-18(2)27(19(3)4,20(5)6)26-23(16-22-17-24(22,7)25)15-11-14-21-12-9-8-10-13-21/h8-9,13,18-20,22-23,25H,10-12,14-17H2,1-7H3/t22-,23?,24-/m0/s1. The smallest absolute Gasteiger partial charge is 0.200 e. The first-order valence-electron chi connectivity index (χ1n) is 11.3. The van der Waals surface area contributed by atoms with Gasteiger partial charge in [-0.15, -0.1) is 0 Å². The molecule has 27 heavy (non-hydrogen) atoms. The average Bonchev–Trinajstić information content (AvgIpc) is 3.18. The van der Waals surface area contributed by atoms with E-state index >= 15 is 0 Å². The third-order valence-electron chi connectivity index (χ3n) is 7.12. The normalized spacial score (nSPS) is 26.8. The summed E-state index contributed by atoms with van der Waals surface area (Å²) in [5.74, 6) is 0.428. The van der Waals surface area contributed by atoms with Gasteiger partial charge < -0.3 is 9.53 Å². The summed E-state index contributed by atoms with van der Waals surface area (Å²) in [4.78, 5) is 0. The van der Waals surface area contributed by atoms with Crippen molar-refractivity contribution in [3.63, 3.8) is 0 Å². The Labute approximate surface area is 169 Å². The lowest BCUT2D eigenvalue weighted by Gasteiger charge is -2.45. The van der Waals surface area contributed by atoms with Gasteiger partial charge in [-0.1, -0.05) is 65.3 Å². The van der Waals surface area contributed by atoms with E-state index in [1.807, 2.05) is 6.92 Å². The van der Waals surface area contributed by atoms with Crippen LogP contribution in [-0.4, -0.2) is 25.1 Å². The highest BCUT2D eigenvalue weighted by molar-refractivity contribution is 6.77. The molecule has 2 rings (SSSR count). The van der Waals surface area contributed by atoms with Crippen LogP contribution in [0.2, 0.25) is 16.6 Å². The second-order valence-electron chi connectivity index (χ2n) is 10.2. The number of rotatable bonds is 11. The maximum atomic E-state index is 10.3. The summed E-state index contributed by atoms with van der Waals surface area (Å²) >= 11 is 0. The van der Waals surface area contributed by atoms with Gasteiger partial charge in [-0.05, 0) is 74.4 Å². The molecule has 0 radical (unpaired) electrons. The first-order chi connectivity index (χ1) is 12.6. The van der Waals surface area contributed by atoms with Crippen LogP contribution in [-0.2, 0) is 4.43 Å². The predicted molar refractivity (Wildman–Crippen MR) is 120 cm³/mol. The minimum Gasteiger partial charge on any atom is -0.413 e. The lowest BCUT2D eigenvalue weighted by molar-refractivity contribution is 0.110. The van der Waals surface area contributed by atoms with Crippen LogP contribution in [0.5, 0.6) is 0 Å². The number of hydrogen-bond donors (Lipinski definition) is 1. The van der Waals surface area contributed by atoms with Crippen LogP contribution in [0.3, 0.4) is 0 Å². The number of aliphatic hydroxyl groups is 1. The third-order valence-corrected chi connectivity index (χ3v) is 13.3. The zero-order chi connectivity index (χ0) is 20.2. The Morgan fingerprint density at radius 1 is 1.11 bits per heavy atom. The monoisotopic (exact) mass is 392 g/mol. The van der Waals surface area contributed by atoms with E-state index < -0.39 is 13.9 Å². The lowest BCUT2D eigenvalue weighted by Crippen LogP contribution is -2.50. The molecule has 1 fully saturated rings. The first kappa shape index (κ1) is 22.9. The highest BCUT2D eigenvalue weighted by Crippen LogP contribution is 2.49. The SMILES string of the molecule is CC(C)[Si](OC(CCCC1=CCC=CC1)C[C@H]1C[C@]1(C)O)(C(C)C)C(C)C.